The van der Waals surface area contributed by atoms with Crippen molar-refractivity contribution in [3.05, 3.63) is 95.6 Å². The minimum Gasteiger partial charge on any atom is -0.497 e. The van der Waals surface area contributed by atoms with Gasteiger partial charge in [0.2, 0.25) is 0 Å². The highest BCUT2D eigenvalue weighted by Gasteiger charge is 2.62. The number of ether oxygens (including phenoxy) is 4. The van der Waals surface area contributed by atoms with E-state index in [4.69, 9.17) is 18.9 Å². The molecule has 2 bridgehead atoms. The third-order valence-electron chi connectivity index (χ3n) is 8.81. The Bertz CT molecular complexity index is 1330. The van der Waals surface area contributed by atoms with Crippen molar-refractivity contribution in [1.82, 2.24) is 4.90 Å². The normalized spacial score (nSPS) is 24.2. The number of esters is 1. The number of methoxy groups -OCH3 is 2. The number of nitrogens with zero attached hydrogens (tertiary/aromatic N) is 1. The number of carbonyl (C=O) groups is 1. The summed E-state index contributed by atoms with van der Waals surface area (Å²) in [6.45, 7) is 9.86. The second kappa shape index (κ2) is 11.9. The molecule has 43 heavy (non-hydrogen) atoms. The minimum absolute atomic E-state index is 0.0709. The summed E-state index contributed by atoms with van der Waals surface area (Å²) in [4.78, 5) is 15.4. The zero-order chi connectivity index (χ0) is 31.0. The standard InChI is InChI=1S/C36H45NO6/c1-24(2)37-31-21-30(42-33(39)34(3,4)5)22-35(37,23-32(31)38)43-36(25-11-9-8-10-12-25,26-13-17-28(40-6)18-14-26)27-15-19-29(41-7)20-16-27/h8-20,24,30-32,38H,21-23H2,1-7H3. The van der Waals surface area contributed by atoms with Crippen LogP contribution >= 0.6 is 0 Å². The lowest BCUT2D eigenvalue weighted by Crippen LogP contribution is -2.61. The van der Waals surface area contributed by atoms with Gasteiger partial charge < -0.3 is 24.1 Å². The van der Waals surface area contributed by atoms with Gasteiger partial charge in [0.05, 0.1) is 25.7 Å². The highest BCUT2D eigenvalue weighted by atomic mass is 16.6. The predicted molar refractivity (Wildman–Crippen MR) is 166 cm³/mol. The summed E-state index contributed by atoms with van der Waals surface area (Å²) in [6.07, 6.45) is 0.335. The van der Waals surface area contributed by atoms with E-state index in [2.05, 4.69) is 30.9 Å². The molecule has 7 nitrogen and oxygen atoms in total. The average molecular weight is 588 g/mol. The topological polar surface area (TPSA) is 77.5 Å². The van der Waals surface area contributed by atoms with Gasteiger partial charge in [0.25, 0.3) is 0 Å². The summed E-state index contributed by atoms with van der Waals surface area (Å²) in [5.74, 6) is 1.23. The molecule has 0 radical (unpaired) electrons. The molecule has 4 unspecified atom stereocenters. The van der Waals surface area contributed by atoms with E-state index in [0.29, 0.717) is 19.3 Å². The smallest absolute Gasteiger partial charge is 0.311 e. The van der Waals surface area contributed by atoms with Crippen molar-refractivity contribution in [2.24, 2.45) is 5.41 Å². The Kier molecular flexibility index (Phi) is 8.63. The van der Waals surface area contributed by atoms with Gasteiger partial charge in [0.15, 0.2) is 0 Å². The predicted octanol–water partition coefficient (Wildman–Crippen LogP) is 6.30. The van der Waals surface area contributed by atoms with E-state index in [1.165, 1.54) is 0 Å². The van der Waals surface area contributed by atoms with Crippen molar-refractivity contribution in [3.63, 3.8) is 0 Å². The number of piperidine rings is 1. The number of aliphatic hydroxyl groups is 1. The molecule has 4 atom stereocenters. The van der Waals surface area contributed by atoms with E-state index >= 15 is 0 Å². The molecule has 3 aromatic carbocycles. The van der Waals surface area contributed by atoms with Gasteiger partial charge in [0.1, 0.15) is 28.9 Å². The van der Waals surface area contributed by atoms with E-state index in [-0.39, 0.29) is 18.1 Å². The van der Waals surface area contributed by atoms with Gasteiger partial charge in [-0.2, -0.15) is 0 Å². The number of rotatable bonds is 9. The van der Waals surface area contributed by atoms with Crippen LogP contribution in [-0.4, -0.2) is 60.2 Å². The number of fused-ring (bicyclic) bond motifs is 2. The Morgan fingerprint density at radius 3 is 1.81 bits per heavy atom. The molecule has 0 amide bonds. The first kappa shape index (κ1) is 31.0. The van der Waals surface area contributed by atoms with Crippen LogP contribution in [-0.2, 0) is 19.9 Å². The number of carbonyl (C=O) groups excluding carboxylic acids is 1. The van der Waals surface area contributed by atoms with Crippen LogP contribution in [0.5, 0.6) is 11.5 Å². The molecule has 230 valence electrons. The average Bonchev–Trinajstić information content (AvgIpc) is 3.18. The Morgan fingerprint density at radius 1 is 0.837 bits per heavy atom. The zero-order valence-corrected chi connectivity index (χ0v) is 26.4. The van der Waals surface area contributed by atoms with Crippen molar-refractivity contribution in [1.29, 1.82) is 0 Å². The summed E-state index contributed by atoms with van der Waals surface area (Å²) in [6, 6.07) is 25.9. The van der Waals surface area contributed by atoms with Gasteiger partial charge in [-0.05, 0) is 75.6 Å². The fourth-order valence-electron chi connectivity index (χ4n) is 6.92. The van der Waals surface area contributed by atoms with Gasteiger partial charge in [-0.1, -0.05) is 54.6 Å². The van der Waals surface area contributed by atoms with E-state index in [1.54, 1.807) is 14.2 Å². The number of aliphatic hydroxyl groups excluding tert-OH is 1. The van der Waals surface area contributed by atoms with Gasteiger partial charge in [-0.15, -0.1) is 0 Å². The number of hydrogen-bond donors (Lipinski definition) is 1. The summed E-state index contributed by atoms with van der Waals surface area (Å²) in [5.41, 5.74) is 0.104. The van der Waals surface area contributed by atoms with Crippen molar-refractivity contribution in [2.45, 2.75) is 89.5 Å². The Balaban J connectivity index is 1.72. The molecule has 2 saturated heterocycles. The molecular formula is C36H45NO6. The number of hydrogen-bond acceptors (Lipinski definition) is 7. The maximum Gasteiger partial charge on any atom is 0.311 e. The third-order valence-corrected chi connectivity index (χ3v) is 8.81. The minimum atomic E-state index is -1.09. The quantitative estimate of drug-likeness (QED) is 0.232. The first-order chi connectivity index (χ1) is 20.4. The molecule has 2 aliphatic heterocycles. The maximum absolute atomic E-state index is 13.1. The Hall–Kier alpha value is -3.39. The molecule has 0 spiro atoms. The monoisotopic (exact) mass is 587 g/mol. The summed E-state index contributed by atoms with van der Waals surface area (Å²) in [7, 11) is 3.31. The van der Waals surface area contributed by atoms with Crippen molar-refractivity contribution in [2.75, 3.05) is 14.2 Å². The van der Waals surface area contributed by atoms with Crippen LogP contribution in [0.4, 0.5) is 0 Å². The van der Waals surface area contributed by atoms with Crippen LogP contribution < -0.4 is 9.47 Å². The van der Waals surface area contributed by atoms with Crippen LogP contribution in [0.25, 0.3) is 0 Å². The van der Waals surface area contributed by atoms with Crippen molar-refractivity contribution < 1.29 is 28.8 Å². The molecule has 3 aromatic rings. The lowest BCUT2D eigenvalue weighted by molar-refractivity contribution is -0.240. The maximum atomic E-state index is 13.1. The molecular weight excluding hydrogens is 542 g/mol. The van der Waals surface area contributed by atoms with E-state index in [0.717, 1.165) is 28.2 Å². The summed E-state index contributed by atoms with van der Waals surface area (Å²) >= 11 is 0. The summed E-state index contributed by atoms with van der Waals surface area (Å²) < 4.78 is 24.9. The lowest BCUT2D eigenvalue weighted by Gasteiger charge is -2.53. The Labute approximate surface area is 255 Å². The van der Waals surface area contributed by atoms with E-state index < -0.39 is 28.9 Å². The highest BCUT2D eigenvalue weighted by molar-refractivity contribution is 5.75. The fourth-order valence-corrected chi connectivity index (χ4v) is 6.92. The Morgan fingerprint density at radius 2 is 1.35 bits per heavy atom. The number of benzene rings is 3. The molecule has 0 aliphatic carbocycles. The first-order valence-corrected chi connectivity index (χ1v) is 15.2. The largest absolute Gasteiger partial charge is 0.497 e. The summed E-state index contributed by atoms with van der Waals surface area (Å²) in [5, 5.41) is 11.5. The molecule has 1 N–H and O–H groups in total. The van der Waals surface area contributed by atoms with Crippen LogP contribution in [0.3, 0.4) is 0 Å². The molecule has 2 aliphatic rings. The molecule has 0 aromatic heterocycles. The fraction of sp³-hybridized carbons (Fsp3) is 0.472. The highest BCUT2D eigenvalue weighted by Crippen LogP contribution is 2.54. The second-order valence-corrected chi connectivity index (χ2v) is 13.1. The first-order valence-electron chi connectivity index (χ1n) is 15.2. The van der Waals surface area contributed by atoms with Crippen LogP contribution in [0.2, 0.25) is 0 Å². The molecule has 5 rings (SSSR count). The van der Waals surface area contributed by atoms with Crippen LogP contribution in [0, 0.1) is 5.41 Å². The van der Waals surface area contributed by atoms with E-state index in [9.17, 15) is 9.90 Å². The SMILES string of the molecule is COc1ccc(C(OC23CC(OC(=O)C(C)(C)C)CC(C(O)C2)N3C(C)C)(c2ccccc2)c2ccc(OC)cc2)cc1. The molecule has 2 fully saturated rings. The van der Waals surface area contributed by atoms with Crippen LogP contribution in [0.15, 0.2) is 78.9 Å². The van der Waals surface area contributed by atoms with Crippen molar-refractivity contribution >= 4 is 5.97 Å². The van der Waals surface area contributed by atoms with Gasteiger partial charge in [-0.3, -0.25) is 9.69 Å². The van der Waals surface area contributed by atoms with Gasteiger partial charge in [-0.25, -0.2) is 0 Å². The lowest BCUT2D eigenvalue weighted by atomic mass is 9.79. The van der Waals surface area contributed by atoms with Gasteiger partial charge >= 0.3 is 5.97 Å². The molecule has 7 heteroatoms. The van der Waals surface area contributed by atoms with E-state index in [1.807, 2.05) is 87.5 Å². The molecule has 0 saturated carbocycles. The van der Waals surface area contributed by atoms with Gasteiger partial charge in [0, 0.05) is 31.3 Å². The van der Waals surface area contributed by atoms with Crippen LogP contribution in [0.1, 0.15) is 70.6 Å². The van der Waals surface area contributed by atoms with Crippen molar-refractivity contribution in [3.8, 4) is 11.5 Å². The second-order valence-electron chi connectivity index (χ2n) is 13.1. The third kappa shape index (κ3) is 5.78. The zero-order valence-electron chi connectivity index (χ0n) is 26.4. The molecule has 2 heterocycles.